The summed E-state index contributed by atoms with van der Waals surface area (Å²) < 4.78 is 4.70. The number of rotatable bonds is 7. The van der Waals surface area contributed by atoms with Gasteiger partial charge in [-0.15, -0.1) is 0 Å². The molecule has 28 heavy (non-hydrogen) atoms. The van der Waals surface area contributed by atoms with Crippen LogP contribution in [-0.4, -0.2) is 29.6 Å². The summed E-state index contributed by atoms with van der Waals surface area (Å²) >= 11 is 5.91. The average Bonchev–Trinajstić information content (AvgIpc) is 2.69. The van der Waals surface area contributed by atoms with Gasteiger partial charge in [-0.1, -0.05) is 23.7 Å². The van der Waals surface area contributed by atoms with Crippen molar-refractivity contribution in [3.63, 3.8) is 0 Å². The monoisotopic (exact) mass is 396 g/mol. The molecule has 0 aliphatic carbocycles. The predicted molar refractivity (Wildman–Crippen MR) is 111 cm³/mol. The van der Waals surface area contributed by atoms with Crippen LogP contribution in [-0.2, 0) is 11.2 Å². The fraction of sp³-hybridized carbons (Fsp3) is 0.190. The summed E-state index contributed by atoms with van der Waals surface area (Å²) in [6.07, 6.45) is 0.859. The molecule has 3 rings (SSSR count). The molecule has 0 atom stereocenters. The first-order valence-electron chi connectivity index (χ1n) is 8.83. The minimum absolute atomic E-state index is 0.370. The van der Waals surface area contributed by atoms with Crippen LogP contribution in [0.4, 0.5) is 17.5 Å². The average molecular weight is 397 g/mol. The van der Waals surface area contributed by atoms with E-state index in [9.17, 15) is 4.79 Å². The number of methoxy groups -OCH3 is 1. The van der Waals surface area contributed by atoms with Crippen molar-refractivity contribution in [2.24, 2.45) is 0 Å². The molecule has 144 valence electrons. The van der Waals surface area contributed by atoms with Gasteiger partial charge in [0.25, 0.3) is 0 Å². The fourth-order valence-corrected chi connectivity index (χ4v) is 2.76. The van der Waals surface area contributed by atoms with Crippen LogP contribution in [0.25, 0.3) is 0 Å². The number of nitrogens with zero attached hydrogens (tertiary/aromatic N) is 2. The Morgan fingerprint density at radius 3 is 2.46 bits per heavy atom. The van der Waals surface area contributed by atoms with E-state index in [2.05, 4.69) is 20.6 Å². The van der Waals surface area contributed by atoms with Crippen LogP contribution in [0.3, 0.4) is 0 Å². The van der Waals surface area contributed by atoms with Crippen LogP contribution >= 0.6 is 11.6 Å². The van der Waals surface area contributed by atoms with E-state index in [0.29, 0.717) is 11.5 Å². The zero-order chi connectivity index (χ0) is 19.9. The van der Waals surface area contributed by atoms with E-state index in [1.807, 2.05) is 37.3 Å². The highest BCUT2D eigenvalue weighted by molar-refractivity contribution is 6.30. The lowest BCUT2D eigenvalue weighted by Gasteiger charge is -2.10. The van der Waals surface area contributed by atoms with Crippen molar-refractivity contribution in [1.29, 1.82) is 0 Å². The summed E-state index contributed by atoms with van der Waals surface area (Å²) in [5.41, 5.74) is 3.32. The number of nitrogens with one attached hydrogen (secondary N) is 2. The van der Waals surface area contributed by atoms with E-state index in [1.54, 1.807) is 24.3 Å². The molecule has 1 aromatic heterocycles. The Bertz CT molecular complexity index is 944. The maximum absolute atomic E-state index is 11.5. The standard InChI is InChI=1S/C21H21ClN4O2/c1-14-13-19(23-12-11-15-3-7-17(22)8-4-15)26-21(24-14)25-18-9-5-16(6-10-18)20(27)28-2/h3-10,13H,11-12H2,1-2H3,(H2,23,24,25,26). The number of aromatic nitrogens is 2. The van der Waals surface area contributed by atoms with Gasteiger partial charge in [-0.25, -0.2) is 9.78 Å². The third-order valence-electron chi connectivity index (χ3n) is 4.05. The van der Waals surface area contributed by atoms with E-state index < -0.39 is 0 Å². The zero-order valence-corrected chi connectivity index (χ0v) is 16.5. The van der Waals surface area contributed by atoms with Crippen molar-refractivity contribution in [2.75, 3.05) is 24.3 Å². The van der Waals surface area contributed by atoms with Crippen molar-refractivity contribution in [1.82, 2.24) is 9.97 Å². The fourth-order valence-electron chi connectivity index (χ4n) is 2.64. The summed E-state index contributed by atoms with van der Waals surface area (Å²) in [6.45, 7) is 2.66. The first kappa shape index (κ1) is 19.6. The van der Waals surface area contributed by atoms with Gasteiger partial charge < -0.3 is 15.4 Å². The second kappa shape index (κ2) is 9.19. The van der Waals surface area contributed by atoms with Gasteiger partial charge in [0.05, 0.1) is 12.7 Å². The smallest absolute Gasteiger partial charge is 0.337 e. The van der Waals surface area contributed by atoms with Crippen molar-refractivity contribution < 1.29 is 9.53 Å². The van der Waals surface area contributed by atoms with Crippen molar-refractivity contribution in [3.05, 3.63) is 76.4 Å². The molecule has 0 amide bonds. The van der Waals surface area contributed by atoms with Crippen molar-refractivity contribution in [2.45, 2.75) is 13.3 Å². The zero-order valence-electron chi connectivity index (χ0n) is 15.7. The highest BCUT2D eigenvalue weighted by Crippen LogP contribution is 2.17. The number of carbonyl (C=O) groups is 1. The normalized spacial score (nSPS) is 10.4. The Hall–Kier alpha value is -3.12. The van der Waals surface area contributed by atoms with Crippen LogP contribution in [0, 0.1) is 6.92 Å². The van der Waals surface area contributed by atoms with Crippen molar-refractivity contribution in [3.8, 4) is 0 Å². The van der Waals surface area contributed by atoms with Gasteiger partial charge in [-0.2, -0.15) is 4.98 Å². The van der Waals surface area contributed by atoms with Gasteiger partial charge in [-0.3, -0.25) is 0 Å². The van der Waals surface area contributed by atoms with Crippen LogP contribution < -0.4 is 10.6 Å². The van der Waals surface area contributed by atoms with Crippen LogP contribution in [0.15, 0.2) is 54.6 Å². The molecular weight excluding hydrogens is 376 g/mol. The third-order valence-corrected chi connectivity index (χ3v) is 4.30. The van der Waals surface area contributed by atoms with Crippen LogP contribution in [0.2, 0.25) is 5.02 Å². The first-order valence-corrected chi connectivity index (χ1v) is 9.21. The number of hydrogen-bond donors (Lipinski definition) is 2. The van der Waals surface area contributed by atoms with E-state index in [1.165, 1.54) is 12.7 Å². The Morgan fingerprint density at radius 2 is 1.79 bits per heavy atom. The second-order valence-electron chi connectivity index (χ2n) is 6.22. The predicted octanol–water partition coefficient (Wildman–Crippen LogP) is 4.62. The molecule has 1 heterocycles. The molecule has 7 heteroatoms. The van der Waals surface area contributed by atoms with E-state index in [0.717, 1.165) is 35.2 Å². The van der Waals surface area contributed by atoms with Crippen LogP contribution in [0.1, 0.15) is 21.6 Å². The molecule has 3 aromatic rings. The topological polar surface area (TPSA) is 76.1 Å². The lowest BCUT2D eigenvalue weighted by atomic mass is 10.1. The number of ether oxygens (including phenoxy) is 1. The van der Waals surface area contributed by atoms with Gasteiger partial charge in [0.1, 0.15) is 5.82 Å². The largest absolute Gasteiger partial charge is 0.465 e. The first-order chi connectivity index (χ1) is 13.5. The molecule has 2 N–H and O–H groups in total. The van der Waals surface area contributed by atoms with Crippen molar-refractivity contribution >= 4 is 35.0 Å². The second-order valence-corrected chi connectivity index (χ2v) is 6.65. The number of benzene rings is 2. The number of esters is 1. The van der Waals surface area contributed by atoms with E-state index >= 15 is 0 Å². The van der Waals surface area contributed by atoms with Crippen LogP contribution in [0.5, 0.6) is 0 Å². The summed E-state index contributed by atoms with van der Waals surface area (Å²) in [5.74, 6) is 0.862. The number of halogens is 1. The molecular formula is C21H21ClN4O2. The highest BCUT2D eigenvalue weighted by Gasteiger charge is 2.06. The molecule has 0 saturated carbocycles. The minimum Gasteiger partial charge on any atom is -0.465 e. The van der Waals surface area contributed by atoms with Gasteiger partial charge in [0.2, 0.25) is 5.95 Å². The molecule has 0 radical (unpaired) electrons. The number of carbonyl (C=O) groups excluding carboxylic acids is 1. The molecule has 0 aliphatic rings. The molecule has 0 saturated heterocycles. The summed E-state index contributed by atoms with van der Waals surface area (Å²) in [4.78, 5) is 20.4. The number of hydrogen-bond acceptors (Lipinski definition) is 6. The Morgan fingerprint density at radius 1 is 1.07 bits per heavy atom. The Balaban J connectivity index is 1.62. The molecule has 2 aromatic carbocycles. The van der Waals surface area contributed by atoms with E-state index in [4.69, 9.17) is 16.3 Å². The molecule has 0 fully saturated rings. The van der Waals surface area contributed by atoms with Gasteiger partial charge in [-0.05, 0) is 55.3 Å². The van der Waals surface area contributed by atoms with E-state index in [-0.39, 0.29) is 5.97 Å². The maximum atomic E-state index is 11.5. The molecule has 6 nitrogen and oxygen atoms in total. The summed E-state index contributed by atoms with van der Waals surface area (Å²) in [5, 5.41) is 7.21. The molecule has 0 bridgehead atoms. The SMILES string of the molecule is COC(=O)c1ccc(Nc2nc(C)cc(NCCc3ccc(Cl)cc3)n2)cc1. The minimum atomic E-state index is -0.370. The molecule has 0 unspecified atom stereocenters. The molecule has 0 spiro atoms. The van der Waals surface area contributed by atoms with Gasteiger partial charge >= 0.3 is 5.97 Å². The third kappa shape index (κ3) is 5.44. The van der Waals surface area contributed by atoms with Gasteiger partial charge in [0.15, 0.2) is 0 Å². The molecule has 0 aliphatic heterocycles. The Labute approximate surface area is 168 Å². The lowest BCUT2D eigenvalue weighted by Crippen LogP contribution is -2.09. The number of aryl methyl sites for hydroxylation is 1. The summed E-state index contributed by atoms with van der Waals surface area (Å²) in [6, 6.07) is 16.6. The summed E-state index contributed by atoms with van der Waals surface area (Å²) in [7, 11) is 1.36. The lowest BCUT2D eigenvalue weighted by molar-refractivity contribution is 0.0601. The number of anilines is 3. The van der Waals surface area contributed by atoms with Gasteiger partial charge in [0, 0.05) is 29.0 Å². The maximum Gasteiger partial charge on any atom is 0.337 e. The Kier molecular flexibility index (Phi) is 6.45. The quantitative estimate of drug-likeness (QED) is 0.567. The highest BCUT2D eigenvalue weighted by atomic mass is 35.5.